The molecule has 1 aromatic carbocycles. The topological polar surface area (TPSA) is 56.3 Å². The first-order chi connectivity index (χ1) is 9.55. The summed E-state index contributed by atoms with van der Waals surface area (Å²) in [6.45, 7) is 0. The molecule has 0 aliphatic carbocycles. The van der Waals surface area contributed by atoms with Crippen LogP contribution in [0.25, 0.3) is 0 Å². The van der Waals surface area contributed by atoms with Crippen LogP contribution in [0.3, 0.4) is 0 Å². The number of hydrogen-bond acceptors (Lipinski definition) is 5. The van der Waals surface area contributed by atoms with Gasteiger partial charge in [0.1, 0.15) is 11.5 Å². The van der Waals surface area contributed by atoms with E-state index in [1.54, 1.807) is 6.07 Å². The van der Waals surface area contributed by atoms with Gasteiger partial charge in [0.05, 0.1) is 31.1 Å². The lowest BCUT2D eigenvalue weighted by atomic mass is 10.2. The number of ether oxygens (including phenoxy) is 2. The molecule has 0 amide bonds. The van der Waals surface area contributed by atoms with E-state index in [9.17, 15) is 4.39 Å². The first-order valence-electron chi connectivity index (χ1n) is 5.41. The quantitative estimate of drug-likeness (QED) is 0.872. The third kappa shape index (κ3) is 3.02. The van der Waals surface area contributed by atoms with Crippen LogP contribution >= 0.6 is 23.2 Å². The summed E-state index contributed by atoms with van der Waals surface area (Å²) in [4.78, 5) is 7.28. The number of benzene rings is 1. The molecule has 0 spiro atoms. The zero-order valence-electron chi connectivity index (χ0n) is 10.6. The van der Waals surface area contributed by atoms with E-state index in [2.05, 4.69) is 15.3 Å². The summed E-state index contributed by atoms with van der Waals surface area (Å²) in [6.07, 6.45) is 0.968. The number of rotatable bonds is 4. The largest absolute Gasteiger partial charge is 0.495 e. The molecule has 0 saturated carbocycles. The van der Waals surface area contributed by atoms with Crippen LogP contribution in [0.4, 0.5) is 15.9 Å². The number of aromatic nitrogens is 2. The predicted octanol–water partition coefficient (Wildman–Crippen LogP) is 3.68. The second-order valence-electron chi connectivity index (χ2n) is 3.65. The highest BCUT2D eigenvalue weighted by Crippen LogP contribution is 2.37. The summed E-state index contributed by atoms with van der Waals surface area (Å²) in [6, 6.07) is 3.11. The molecule has 0 unspecified atom stereocenters. The minimum atomic E-state index is -0.650. The summed E-state index contributed by atoms with van der Waals surface area (Å²) in [7, 11) is 2.95. The zero-order valence-corrected chi connectivity index (χ0v) is 12.1. The molecular weight excluding hydrogens is 308 g/mol. The predicted molar refractivity (Wildman–Crippen MR) is 74.8 cm³/mol. The number of methoxy groups -OCH3 is 2. The molecule has 0 aliphatic rings. The summed E-state index contributed by atoms with van der Waals surface area (Å²) in [5.41, 5.74) is 0.423. The van der Waals surface area contributed by atoms with E-state index in [4.69, 9.17) is 32.7 Å². The number of halogens is 3. The Kier molecular flexibility index (Phi) is 4.46. The van der Waals surface area contributed by atoms with Crippen LogP contribution in [0, 0.1) is 5.82 Å². The summed E-state index contributed by atoms with van der Waals surface area (Å²) < 4.78 is 23.9. The van der Waals surface area contributed by atoms with E-state index in [0.29, 0.717) is 22.2 Å². The summed E-state index contributed by atoms with van der Waals surface area (Å²) in [5.74, 6) is 0.128. The van der Waals surface area contributed by atoms with Crippen molar-refractivity contribution in [1.82, 2.24) is 9.97 Å². The fourth-order valence-corrected chi connectivity index (χ4v) is 1.89. The van der Waals surface area contributed by atoms with Crippen molar-refractivity contribution in [3.8, 4) is 11.5 Å². The second kappa shape index (κ2) is 6.11. The van der Waals surface area contributed by atoms with E-state index < -0.39 is 5.82 Å². The van der Waals surface area contributed by atoms with Crippen LogP contribution in [0.5, 0.6) is 11.5 Å². The molecule has 2 aromatic rings. The molecule has 8 heteroatoms. The van der Waals surface area contributed by atoms with Gasteiger partial charge in [0.15, 0.2) is 11.6 Å². The van der Waals surface area contributed by atoms with Gasteiger partial charge >= 0.3 is 0 Å². The minimum Gasteiger partial charge on any atom is -0.495 e. The molecule has 2 rings (SSSR count). The lowest BCUT2D eigenvalue weighted by Crippen LogP contribution is -2.01. The molecule has 1 heterocycles. The van der Waals surface area contributed by atoms with E-state index in [1.165, 1.54) is 20.3 Å². The highest BCUT2D eigenvalue weighted by Gasteiger charge is 2.13. The van der Waals surface area contributed by atoms with Crippen LogP contribution < -0.4 is 14.8 Å². The first-order valence-corrected chi connectivity index (χ1v) is 6.17. The van der Waals surface area contributed by atoms with Crippen molar-refractivity contribution < 1.29 is 13.9 Å². The number of nitrogens with one attached hydrogen (secondary N) is 1. The normalized spacial score (nSPS) is 10.2. The maximum absolute atomic E-state index is 13.6. The Bertz CT molecular complexity index is 640. The Morgan fingerprint density at radius 2 is 1.85 bits per heavy atom. The molecule has 0 fully saturated rings. The van der Waals surface area contributed by atoms with Gasteiger partial charge in [0.25, 0.3) is 0 Å². The van der Waals surface area contributed by atoms with Gasteiger partial charge in [-0.1, -0.05) is 11.6 Å². The molecule has 0 atom stereocenters. The smallest absolute Gasteiger partial charge is 0.224 e. The van der Waals surface area contributed by atoms with Crippen LogP contribution in [0.2, 0.25) is 10.3 Å². The highest BCUT2D eigenvalue weighted by molar-refractivity contribution is 6.32. The van der Waals surface area contributed by atoms with Crippen LogP contribution in [-0.4, -0.2) is 24.2 Å². The van der Waals surface area contributed by atoms with Gasteiger partial charge in [-0.25, -0.2) is 9.37 Å². The fourth-order valence-electron chi connectivity index (χ4n) is 1.52. The molecule has 0 bridgehead atoms. The van der Waals surface area contributed by atoms with E-state index in [1.807, 2.05) is 0 Å². The van der Waals surface area contributed by atoms with Gasteiger partial charge < -0.3 is 14.8 Å². The van der Waals surface area contributed by atoms with Crippen molar-refractivity contribution >= 4 is 34.7 Å². The second-order valence-corrected chi connectivity index (χ2v) is 4.39. The van der Waals surface area contributed by atoms with Crippen molar-refractivity contribution in [3.63, 3.8) is 0 Å². The lowest BCUT2D eigenvalue weighted by Gasteiger charge is -2.13. The number of nitrogens with zero attached hydrogens (tertiary/aromatic N) is 2. The Hall–Kier alpha value is -1.79. The Balaban J connectivity index is 2.42. The molecule has 0 radical (unpaired) electrons. The van der Waals surface area contributed by atoms with E-state index in [0.717, 1.165) is 6.20 Å². The molecule has 0 saturated heterocycles. The fraction of sp³-hybridized carbons (Fsp3) is 0.167. The molecule has 0 aliphatic heterocycles. The maximum atomic E-state index is 13.6. The number of anilines is 2. The SMILES string of the molecule is COc1cc(OC)c(Nc2nc(Cl)ncc2F)cc1Cl. The Morgan fingerprint density at radius 1 is 1.15 bits per heavy atom. The standard InChI is InChI=1S/C12H10Cl2FN3O2/c1-19-9-4-10(20-2)8(3-6(9)13)17-11-7(15)5-16-12(14)18-11/h3-5H,1-2H3,(H,16,17,18). The molecule has 20 heavy (non-hydrogen) atoms. The molecular formula is C12H10Cl2FN3O2. The maximum Gasteiger partial charge on any atom is 0.224 e. The van der Waals surface area contributed by atoms with E-state index >= 15 is 0 Å². The van der Waals surface area contributed by atoms with Crippen LogP contribution in [0.1, 0.15) is 0 Å². The van der Waals surface area contributed by atoms with Crippen molar-refractivity contribution in [2.45, 2.75) is 0 Å². The van der Waals surface area contributed by atoms with Crippen LogP contribution in [-0.2, 0) is 0 Å². The average Bonchev–Trinajstić information content (AvgIpc) is 2.43. The van der Waals surface area contributed by atoms with Gasteiger partial charge in [0.2, 0.25) is 5.28 Å². The molecule has 5 nitrogen and oxygen atoms in total. The first kappa shape index (κ1) is 14.6. The van der Waals surface area contributed by atoms with Gasteiger partial charge in [0, 0.05) is 6.07 Å². The lowest BCUT2D eigenvalue weighted by molar-refractivity contribution is 0.395. The summed E-state index contributed by atoms with van der Waals surface area (Å²) in [5, 5.41) is 3.02. The molecule has 1 aromatic heterocycles. The van der Waals surface area contributed by atoms with Crippen LogP contribution in [0.15, 0.2) is 18.3 Å². The van der Waals surface area contributed by atoms with Gasteiger partial charge in [-0.15, -0.1) is 0 Å². The van der Waals surface area contributed by atoms with Gasteiger partial charge in [-0.2, -0.15) is 4.98 Å². The monoisotopic (exact) mass is 317 g/mol. The van der Waals surface area contributed by atoms with Gasteiger partial charge in [-0.3, -0.25) is 0 Å². The Labute approximate surface area is 124 Å². The van der Waals surface area contributed by atoms with Crippen molar-refractivity contribution in [1.29, 1.82) is 0 Å². The average molecular weight is 318 g/mol. The Morgan fingerprint density at radius 3 is 2.50 bits per heavy atom. The van der Waals surface area contributed by atoms with Crippen molar-refractivity contribution in [3.05, 3.63) is 34.5 Å². The third-order valence-electron chi connectivity index (χ3n) is 2.44. The molecule has 1 N–H and O–H groups in total. The zero-order chi connectivity index (χ0) is 14.7. The summed E-state index contributed by atoms with van der Waals surface area (Å²) >= 11 is 11.7. The van der Waals surface area contributed by atoms with Crippen molar-refractivity contribution in [2.75, 3.05) is 19.5 Å². The minimum absolute atomic E-state index is 0.0764. The molecule has 106 valence electrons. The number of hydrogen-bond donors (Lipinski definition) is 1. The van der Waals surface area contributed by atoms with Crippen molar-refractivity contribution in [2.24, 2.45) is 0 Å². The van der Waals surface area contributed by atoms with Gasteiger partial charge in [-0.05, 0) is 17.7 Å². The van der Waals surface area contributed by atoms with E-state index in [-0.39, 0.29) is 11.1 Å². The highest BCUT2D eigenvalue weighted by atomic mass is 35.5. The third-order valence-corrected chi connectivity index (χ3v) is 2.92.